The maximum atomic E-state index is 6.03. The number of hydrogen-bond donors (Lipinski definition) is 1. The first-order chi connectivity index (χ1) is 6.89. The highest BCUT2D eigenvalue weighted by atomic mass is 35.5. The van der Waals surface area contributed by atoms with Gasteiger partial charge in [0.15, 0.2) is 0 Å². The zero-order valence-electron chi connectivity index (χ0n) is 9.47. The topological polar surface area (TPSA) is 29.3 Å². The number of nitrogens with two attached hydrogens (primary N) is 1. The number of aryl methyl sites for hydroxylation is 1. The van der Waals surface area contributed by atoms with Crippen LogP contribution in [0.2, 0.25) is 5.02 Å². The molecule has 15 heavy (non-hydrogen) atoms. The van der Waals surface area contributed by atoms with Gasteiger partial charge >= 0.3 is 0 Å². The standard InChI is InChI=1S/C12H17ClN2/c1-8-4-10(14)9(13)5-11(8)15-6-12(2,3)7-15/h4-5H,6-7,14H2,1-3H3. The molecule has 0 aromatic heterocycles. The molecule has 0 atom stereocenters. The van der Waals surface area contributed by atoms with Crippen LogP contribution in [0.15, 0.2) is 12.1 Å². The highest BCUT2D eigenvalue weighted by Crippen LogP contribution is 2.37. The number of hydrogen-bond acceptors (Lipinski definition) is 2. The zero-order valence-corrected chi connectivity index (χ0v) is 10.2. The molecule has 0 spiro atoms. The third-order valence-corrected chi connectivity index (χ3v) is 3.22. The van der Waals surface area contributed by atoms with Crippen LogP contribution < -0.4 is 10.6 Å². The van der Waals surface area contributed by atoms with Gasteiger partial charge in [-0.1, -0.05) is 25.4 Å². The molecule has 1 aromatic carbocycles. The van der Waals surface area contributed by atoms with Crippen molar-refractivity contribution >= 4 is 23.0 Å². The highest BCUT2D eigenvalue weighted by Gasteiger charge is 2.34. The van der Waals surface area contributed by atoms with Crippen LogP contribution in [0.25, 0.3) is 0 Å². The fourth-order valence-electron chi connectivity index (χ4n) is 2.19. The monoisotopic (exact) mass is 224 g/mol. The predicted octanol–water partition coefficient (Wildman–Crippen LogP) is 3.08. The lowest BCUT2D eigenvalue weighted by molar-refractivity contribution is 0.276. The Bertz CT molecular complexity index is 391. The fraction of sp³-hybridized carbons (Fsp3) is 0.500. The normalized spacial score (nSPS) is 18.8. The Labute approximate surface area is 96.0 Å². The molecule has 0 unspecified atom stereocenters. The largest absolute Gasteiger partial charge is 0.398 e. The summed E-state index contributed by atoms with van der Waals surface area (Å²) < 4.78 is 0. The van der Waals surface area contributed by atoms with Crippen LogP contribution in [0.1, 0.15) is 19.4 Å². The Morgan fingerprint density at radius 2 is 1.93 bits per heavy atom. The van der Waals surface area contributed by atoms with Crippen LogP contribution in [0, 0.1) is 12.3 Å². The molecule has 1 heterocycles. The SMILES string of the molecule is Cc1cc(N)c(Cl)cc1N1CC(C)(C)C1. The van der Waals surface area contributed by atoms with Crippen molar-refractivity contribution in [3.05, 3.63) is 22.7 Å². The summed E-state index contributed by atoms with van der Waals surface area (Å²) >= 11 is 6.03. The third kappa shape index (κ3) is 1.91. The summed E-state index contributed by atoms with van der Waals surface area (Å²) in [7, 11) is 0. The summed E-state index contributed by atoms with van der Waals surface area (Å²) in [6.07, 6.45) is 0. The summed E-state index contributed by atoms with van der Waals surface area (Å²) in [5, 5.41) is 0.653. The van der Waals surface area contributed by atoms with Crippen LogP contribution in [-0.2, 0) is 0 Å². The molecule has 0 aliphatic carbocycles. The minimum absolute atomic E-state index is 0.431. The Hall–Kier alpha value is -0.890. The summed E-state index contributed by atoms with van der Waals surface area (Å²) in [5.41, 5.74) is 9.26. The Kier molecular flexibility index (Phi) is 2.34. The van der Waals surface area contributed by atoms with Gasteiger partial charge in [0, 0.05) is 18.8 Å². The van der Waals surface area contributed by atoms with Crippen molar-refractivity contribution in [1.29, 1.82) is 0 Å². The maximum Gasteiger partial charge on any atom is 0.0656 e. The number of nitrogen functional groups attached to an aromatic ring is 1. The van der Waals surface area contributed by atoms with Gasteiger partial charge in [-0.2, -0.15) is 0 Å². The predicted molar refractivity (Wildman–Crippen MR) is 66.6 cm³/mol. The lowest BCUT2D eigenvalue weighted by Crippen LogP contribution is -2.53. The molecule has 1 saturated heterocycles. The molecule has 3 heteroatoms. The van der Waals surface area contributed by atoms with E-state index in [1.807, 2.05) is 12.1 Å². The van der Waals surface area contributed by atoms with Gasteiger partial charge in [-0.25, -0.2) is 0 Å². The van der Waals surface area contributed by atoms with Crippen molar-refractivity contribution in [2.24, 2.45) is 5.41 Å². The number of nitrogens with zero attached hydrogens (tertiary/aromatic N) is 1. The number of rotatable bonds is 1. The number of anilines is 2. The molecular formula is C12H17ClN2. The van der Waals surface area contributed by atoms with Gasteiger partial charge in [0.1, 0.15) is 0 Å². The first kappa shape index (κ1) is 10.6. The van der Waals surface area contributed by atoms with Crippen LogP contribution in [0.5, 0.6) is 0 Å². The van der Waals surface area contributed by atoms with Gasteiger partial charge in [0.05, 0.1) is 10.7 Å². The molecule has 2 N–H and O–H groups in total. The van der Waals surface area contributed by atoms with Crippen molar-refractivity contribution in [1.82, 2.24) is 0 Å². The van der Waals surface area contributed by atoms with E-state index in [0.717, 1.165) is 13.1 Å². The van der Waals surface area contributed by atoms with Crippen LogP contribution in [0.3, 0.4) is 0 Å². The molecule has 2 nitrogen and oxygen atoms in total. The van der Waals surface area contributed by atoms with E-state index in [4.69, 9.17) is 17.3 Å². The molecular weight excluding hydrogens is 208 g/mol. The van der Waals surface area contributed by atoms with E-state index >= 15 is 0 Å². The fourth-order valence-corrected chi connectivity index (χ4v) is 2.35. The van der Waals surface area contributed by atoms with Crippen molar-refractivity contribution in [2.45, 2.75) is 20.8 Å². The van der Waals surface area contributed by atoms with E-state index in [-0.39, 0.29) is 0 Å². The summed E-state index contributed by atoms with van der Waals surface area (Å²) in [6.45, 7) is 8.81. The second-order valence-corrected chi connectivity index (χ2v) is 5.59. The molecule has 1 aliphatic rings. The van der Waals surface area contributed by atoms with E-state index in [1.54, 1.807) is 0 Å². The Balaban J connectivity index is 2.27. The second kappa shape index (κ2) is 3.31. The van der Waals surface area contributed by atoms with Crippen molar-refractivity contribution < 1.29 is 0 Å². The average molecular weight is 225 g/mol. The number of benzene rings is 1. The minimum Gasteiger partial charge on any atom is -0.398 e. The first-order valence-electron chi connectivity index (χ1n) is 5.20. The van der Waals surface area contributed by atoms with E-state index in [9.17, 15) is 0 Å². The third-order valence-electron chi connectivity index (χ3n) is 2.89. The highest BCUT2D eigenvalue weighted by molar-refractivity contribution is 6.33. The minimum atomic E-state index is 0.431. The van der Waals surface area contributed by atoms with E-state index in [2.05, 4.69) is 25.7 Å². The summed E-state index contributed by atoms with van der Waals surface area (Å²) in [4.78, 5) is 2.35. The smallest absolute Gasteiger partial charge is 0.0656 e. The van der Waals surface area contributed by atoms with Crippen LogP contribution >= 0.6 is 11.6 Å². The maximum absolute atomic E-state index is 6.03. The Morgan fingerprint density at radius 1 is 1.33 bits per heavy atom. The summed E-state index contributed by atoms with van der Waals surface area (Å²) in [6, 6.07) is 3.92. The average Bonchev–Trinajstić information content (AvgIpc) is 2.07. The molecule has 1 aliphatic heterocycles. The molecule has 82 valence electrons. The molecule has 0 radical (unpaired) electrons. The Morgan fingerprint density at radius 3 is 2.47 bits per heavy atom. The van der Waals surface area contributed by atoms with Crippen LogP contribution in [-0.4, -0.2) is 13.1 Å². The second-order valence-electron chi connectivity index (χ2n) is 5.18. The van der Waals surface area contributed by atoms with Crippen molar-refractivity contribution in [3.8, 4) is 0 Å². The van der Waals surface area contributed by atoms with E-state index in [0.29, 0.717) is 16.1 Å². The van der Waals surface area contributed by atoms with Gasteiger partial charge in [-0.05, 0) is 30.0 Å². The summed E-state index contributed by atoms with van der Waals surface area (Å²) in [5.74, 6) is 0. The van der Waals surface area contributed by atoms with E-state index < -0.39 is 0 Å². The quantitative estimate of drug-likeness (QED) is 0.743. The molecule has 1 aromatic rings. The molecule has 0 saturated carbocycles. The van der Waals surface area contributed by atoms with Gasteiger partial charge in [0.2, 0.25) is 0 Å². The number of halogens is 1. The zero-order chi connectivity index (χ0) is 11.2. The lowest BCUT2D eigenvalue weighted by atomic mass is 9.83. The van der Waals surface area contributed by atoms with Gasteiger partial charge in [0.25, 0.3) is 0 Å². The van der Waals surface area contributed by atoms with Crippen molar-refractivity contribution in [3.63, 3.8) is 0 Å². The van der Waals surface area contributed by atoms with Gasteiger partial charge in [-0.3, -0.25) is 0 Å². The van der Waals surface area contributed by atoms with Gasteiger partial charge < -0.3 is 10.6 Å². The van der Waals surface area contributed by atoms with Crippen molar-refractivity contribution in [2.75, 3.05) is 23.7 Å². The molecule has 1 fully saturated rings. The van der Waals surface area contributed by atoms with Gasteiger partial charge in [-0.15, -0.1) is 0 Å². The molecule has 0 amide bonds. The molecule has 0 bridgehead atoms. The molecule has 2 rings (SSSR count). The first-order valence-corrected chi connectivity index (χ1v) is 5.57. The lowest BCUT2D eigenvalue weighted by Gasteiger charge is -2.48. The van der Waals surface area contributed by atoms with Crippen LogP contribution in [0.4, 0.5) is 11.4 Å². The van der Waals surface area contributed by atoms with E-state index in [1.165, 1.54) is 11.3 Å².